The van der Waals surface area contributed by atoms with Crippen molar-refractivity contribution in [2.75, 3.05) is 23.7 Å². The Kier molecular flexibility index (Phi) is 10.5. The van der Waals surface area contributed by atoms with E-state index >= 15 is 0 Å². The molecule has 4 rings (SSSR count). The van der Waals surface area contributed by atoms with Gasteiger partial charge in [-0.2, -0.15) is 0 Å². The molecule has 2 saturated heterocycles. The Bertz CT molecular complexity index is 1090. The highest BCUT2D eigenvalue weighted by Crippen LogP contribution is 2.19. The summed E-state index contributed by atoms with van der Waals surface area (Å²) in [6, 6.07) is 10.2. The standard InChI is InChI=1S/C25H27N5O3.2ClH/c1-17(31)30-15-3-5-22(30)25(33)28-20-11-8-18(9-12-20)6-7-19-10-13-23(27-16-19)29-24(32)21-4-2-14-26-21;;/h8-13,16,21-22,26H,2-5,14-15H2,1H3,(H,28,33)(H,27,29,32);2*1H/t21-,22-;;/m0../s1. The summed E-state index contributed by atoms with van der Waals surface area (Å²) in [5.41, 5.74) is 2.19. The van der Waals surface area contributed by atoms with E-state index in [1.165, 1.54) is 6.92 Å². The molecule has 0 radical (unpaired) electrons. The minimum absolute atomic E-state index is 0. The Labute approximate surface area is 217 Å². The molecule has 2 atom stereocenters. The lowest BCUT2D eigenvalue weighted by Crippen LogP contribution is -2.42. The zero-order valence-corrected chi connectivity index (χ0v) is 21.0. The average molecular weight is 518 g/mol. The van der Waals surface area contributed by atoms with Crippen molar-refractivity contribution in [1.29, 1.82) is 0 Å². The van der Waals surface area contributed by atoms with Crippen LogP contribution in [0.2, 0.25) is 0 Å². The van der Waals surface area contributed by atoms with Crippen LogP contribution in [0.1, 0.15) is 43.7 Å². The Morgan fingerprint density at radius 1 is 0.943 bits per heavy atom. The maximum Gasteiger partial charge on any atom is 0.247 e. The molecule has 35 heavy (non-hydrogen) atoms. The summed E-state index contributed by atoms with van der Waals surface area (Å²) in [6.07, 6.45) is 5.00. The van der Waals surface area contributed by atoms with Crippen molar-refractivity contribution >= 4 is 54.0 Å². The quantitative estimate of drug-likeness (QED) is 0.541. The van der Waals surface area contributed by atoms with Crippen LogP contribution in [0.25, 0.3) is 0 Å². The molecule has 0 aliphatic carbocycles. The summed E-state index contributed by atoms with van der Waals surface area (Å²) < 4.78 is 0. The second-order valence-corrected chi connectivity index (χ2v) is 8.26. The van der Waals surface area contributed by atoms with Crippen LogP contribution in [-0.4, -0.2) is 52.8 Å². The SMILES string of the molecule is CC(=O)N1CCC[C@H]1C(=O)Nc1ccc(C#Cc2ccc(NC(=O)[C@@H]3CCCN3)nc2)cc1.Cl.Cl. The van der Waals surface area contributed by atoms with E-state index in [1.807, 2.05) is 18.2 Å². The van der Waals surface area contributed by atoms with Crippen LogP contribution in [-0.2, 0) is 14.4 Å². The van der Waals surface area contributed by atoms with E-state index in [1.54, 1.807) is 29.3 Å². The number of carbonyl (C=O) groups is 3. The second-order valence-electron chi connectivity index (χ2n) is 8.26. The van der Waals surface area contributed by atoms with E-state index in [0.717, 1.165) is 36.9 Å². The number of halogens is 2. The van der Waals surface area contributed by atoms with Gasteiger partial charge >= 0.3 is 0 Å². The molecule has 10 heteroatoms. The zero-order valence-electron chi connectivity index (χ0n) is 19.4. The third-order valence-corrected chi connectivity index (χ3v) is 5.86. The molecule has 186 valence electrons. The molecule has 0 unspecified atom stereocenters. The predicted molar refractivity (Wildman–Crippen MR) is 140 cm³/mol. The van der Waals surface area contributed by atoms with E-state index in [4.69, 9.17) is 0 Å². The highest BCUT2D eigenvalue weighted by atomic mass is 35.5. The van der Waals surface area contributed by atoms with E-state index < -0.39 is 6.04 Å². The van der Waals surface area contributed by atoms with Gasteiger partial charge in [-0.05, 0) is 68.6 Å². The van der Waals surface area contributed by atoms with Crippen molar-refractivity contribution in [3.63, 3.8) is 0 Å². The Hall–Kier alpha value is -3.12. The number of hydrogen-bond acceptors (Lipinski definition) is 5. The van der Waals surface area contributed by atoms with Crippen LogP contribution in [0, 0.1) is 11.8 Å². The summed E-state index contributed by atoms with van der Waals surface area (Å²) >= 11 is 0. The van der Waals surface area contributed by atoms with Crippen molar-refractivity contribution in [3.05, 3.63) is 53.7 Å². The number of nitrogens with zero attached hydrogens (tertiary/aromatic N) is 2. The summed E-state index contributed by atoms with van der Waals surface area (Å²) in [6.45, 7) is 2.99. The summed E-state index contributed by atoms with van der Waals surface area (Å²) in [4.78, 5) is 42.2. The van der Waals surface area contributed by atoms with Gasteiger partial charge < -0.3 is 20.9 Å². The zero-order chi connectivity index (χ0) is 23.2. The number of hydrogen-bond donors (Lipinski definition) is 3. The monoisotopic (exact) mass is 517 g/mol. The minimum Gasteiger partial charge on any atom is -0.331 e. The molecule has 2 aliphatic heterocycles. The molecular weight excluding hydrogens is 489 g/mol. The fourth-order valence-corrected chi connectivity index (χ4v) is 4.09. The number of benzene rings is 1. The maximum atomic E-state index is 12.5. The number of amides is 3. The predicted octanol–water partition coefficient (Wildman–Crippen LogP) is 2.96. The molecule has 0 bridgehead atoms. The normalized spacial score (nSPS) is 18.4. The molecule has 1 aromatic heterocycles. The highest BCUT2D eigenvalue weighted by molar-refractivity contribution is 5.97. The number of anilines is 2. The van der Waals surface area contributed by atoms with Crippen molar-refractivity contribution in [2.24, 2.45) is 0 Å². The van der Waals surface area contributed by atoms with Crippen LogP contribution in [0.15, 0.2) is 42.6 Å². The first-order valence-electron chi connectivity index (χ1n) is 11.2. The molecule has 0 spiro atoms. The smallest absolute Gasteiger partial charge is 0.247 e. The lowest BCUT2D eigenvalue weighted by Gasteiger charge is -2.22. The maximum absolute atomic E-state index is 12.5. The number of likely N-dealkylation sites (tertiary alicyclic amines) is 1. The number of rotatable bonds is 4. The number of carbonyl (C=O) groups excluding carboxylic acids is 3. The van der Waals surface area contributed by atoms with Gasteiger partial charge in [0.2, 0.25) is 17.7 Å². The van der Waals surface area contributed by atoms with E-state index in [2.05, 4.69) is 32.8 Å². The molecule has 2 aliphatic rings. The summed E-state index contributed by atoms with van der Waals surface area (Å²) in [5.74, 6) is 6.33. The average Bonchev–Trinajstić information content (AvgIpc) is 3.52. The molecule has 0 saturated carbocycles. The summed E-state index contributed by atoms with van der Waals surface area (Å²) in [7, 11) is 0. The Balaban J connectivity index is 0.00000216. The van der Waals surface area contributed by atoms with Gasteiger partial charge in [-0.3, -0.25) is 14.4 Å². The van der Waals surface area contributed by atoms with Gasteiger partial charge in [0.15, 0.2) is 0 Å². The largest absolute Gasteiger partial charge is 0.331 e. The van der Waals surface area contributed by atoms with Crippen molar-refractivity contribution in [1.82, 2.24) is 15.2 Å². The molecule has 3 N–H and O–H groups in total. The van der Waals surface area contributed by atoms with Crippen molar-refractivity contribution in [3.8, 4) is 11.8 Å². The second kappa shape index (κ2) is 13.1. The van der Waals surface area contributed by atoms with Crippen LogP contribution >= 0.6 is 24.8 Å². The third-order valence-electron chi connectivity index (χ3n) is 5.86. The number of nitrogens with one attached hydrogen (secondary N) is 3. The molecular formula is C25H29Cl2N5O3. The summed E-state index contributed by atoms with van der Waals surface area (Å²) in [5, 5.41) is 8.86. The van der Waals surface area contributed by atoms with Gasteiger partial charge in [0.25, 0.3) is 0 Å². The first-order chi connectivity index (χ1) is 16.0. The molecule has 2 aromatic rings. The van der Waals surface area contributed by atoms with E-state index in [9.17, 15) is 14.4 Å². The van der Waals surface area contributed by atoms with E-state index in [0.29, 0.717) is 24.5 Å². The fourth-order valence-electron chi connectivity index (χ4n) is 4.09. The number of pyridine rings is 1. The van der Waals surface area contributed by atoms with Crippen molar-refractivity contribution < 1.29 is 14.4 Å². The Morgan fingerprint density at radius 2 is 1.66 bits per heavy atom. The Morgan fingerprint density at radius 3 is 2.29 bits per heavy atom. The van der Waals surface area contributed by atoms with Crippen LogP contribution < -0.4 is 16.0 Å². The first-order valence-corrected chi connectivity index (χ1v) is 11.2. The fraction of sp³-hybridized carbons (Fsp3) is 0.360. The van der Waals surface area contributed by atoms with Gasteiger partial charge in [-0.15, -0.1) is 24.8 Å². The van der Waals surface area contributed by atoms with Crippen LogP contribution in [0.4, 0.5) is 11.5 Å². The van der Waals surface area contributed by atoms with Gasteiger partial charge in [-0.1, -0.05) is 11.8 Å². The molecule has 3 heterocycles. The first kappa shape index (κ1) is 28.1. The van der Waals surface area contributed by atoms with Crippen molar-refractivity contribution in [2.45, 2.75) is 44.7 Å². The van der Waals surface area contributed by atoms with E-state index in [-0.39, 0.29) is 48.6 Å². The van der Waals surface area contributed by atoms with Gasteiger partial charge in [0, 0.05) is 36.5 Å². The van der Waals surface area contributed by atoms with Gasteiger partial charge in [-0.25, -0.2) is 4.98 Å². The molecule has 8 nitrogen and oxygen atoms in total. The number of aromatic nitrogens is 1. The topological polar surface area (TPSA) is 103 Å². The lowest BCUT2D eigenvalue weighted by atomic mass is 10.1. The molecule has 3 amide bonds. The van der Waals surface area contributed by atoms with Gasteiger partial charge in [0.05, 0.1) is 6.04 Å². The lowest BCUT2D eigenvalue weighted by molar-refractivity contribution is -0.134. The van der Waals surface area contributed by atoms with Gasteiger partial charge in [0.1, 0.15) is 11.9 Å². The minimum atomic E-state index is -0.406. The third kappa shape index (κ3) is 7.43. The van der Waals surface area contributed by atoms with Crippen LogP contribution in [0.5, 0.6) is 0 Å². The molecule has 1 aromatic carbocycles. The van der Waals surface area contributed by atoms with Crippen LogP contribution in [0.3, 0.4) is 0 Å². The molecule has 2 fully saturated rings. The highest BCUT2D eigenvalue weighted by Gasteiger charge is 2.32.